The smallest absolute Gasteiger partial charge is 0.116 e. The van der Waals surface area contributed by atoms with Gasteiger partial charge in [0.2, 0.25) is 0 Å². The van der Waals surface area contributed by atoms with E-state index >= 15 is 0 Å². The topological polar surface area (TPSA) is 44.0 Å². The third-order valence-corrected chi connectivity index (χ3v) is 2.81. The van der Waals surface area contributed by atoms with Crippen molar-refractivity contribution in [1.29, 1.82) is 5.26 Å². The highest BCUT2D eigenvalue weighted by molar-refractivity contribution is 7.13. The van der Waals surface area contributed by atoms with Crippen LogP contribution in [0.2, 0.25) is 0 Å². The van der Waals surface area contributed by atoms with Gasteiger partial charge in [-0.05, 0) is 29.6 Å². The van der Waals surface area contributed by atoms with Crippen molar-refractivity contribution >= 4 is 11.3 Å². The van der Waals surface area contributed by atoms with E-state index < -0.39 is 0 Å². The predicted octanol–water partition coefficient (Wildman–Crippen LogP) is 2.99. The van der Waals surface area contributed by atoms with Gasteiger partial charge in [-0.3, -0.25) is 0 Å². The molecule has 1 aromatic carbocycles. The van der Waals surface area contributed by atoms with E-state index in [4.69, 9.17) is 5.26 Å². The number of phenols is 1. The van der Waals surface area contributed by atoms with Crippen LogP contribution in [0.4, 0.5) is 0 Å². The minimum atomic E-state index is 0.187. The summed E-state index contributed by atoms with van der Waals surface area (Å²) in [6, 6.07) is 10.7. The van der Waals surface area contributed by atoms with Gasteiger partial charge in [-0.15, -0.1) is 11.3 Å². The second kappa shape index (κ2) is 3.52. The number of hydrogen-bond donors (Lipinski definition) is 1. The highest BCUT2D eigenvalue weighted by atomic mass is 32.1. The second-order valence-corrected chi connectivity index (χ2v) is 3.77. The minimum Gasteiger partial charge on any atom is -0.508 e. The lowest BCUT2D eigenvalue weighted by atomic mass is 10.1. The summed E-state index contributed by atoms with van der Waals surface area (Å²) in [5.74, 6) is 0.187. The first-order valence-corrected chi connectivity index (χ1v) is 4.96. The average molecular weight is 201 g/mol. The van der Waals surface area contributed by atoms with Crippen LogP contribution in [-0.4, -0.2) is 5.11 Å². The summed E-state index contributed by atoms with van der Waals surface area (Å²) < 4.78 is 0. The van der Waals surface area contributed by atoms with E-state index in [1.807, 2.05) is 17.5 Å². The van der Waals surface area contributed by atoms with Crippen molar-refractivity contribution < 1.29 is 5.11 Å². The predicted molar refractivity (Wildman–Crippen MR) is 56.1 cm³/mol. The van der Waals surface area contributed by atoms with E-state index in [2.05, 4.69) is 6.07 Å². The molecule has 0 spiro atoms. The monoisotopic (exact) mass is 201 g/mol. The molecule has 0 saturated heterocycles. The van der Waals surface area contributed by atoms with Crippen molar-refractivity contribution in [3.63, 3.8) is 0 Å². The maximum Gasteiger partial charge on any atom is 0.116 e. The molecule has 3 heteroatoms. The van der Waals surface area contributed by atoms with Gasteiger partial charge >= 0.3 is 0 Å². The fourth-order valence-corrected chi connectivity index (χ4v) is 2.02. The van der Waals surface area contributed by atoms with Crippen molar-refractivity contribution in [3.05, 3.63) is 41.3 Å². The lowest BCUT2D eigenvalue weighted by Crippen LogP contribution is -1.80. The van der Waals surface area contributed by atoms with E-state index in [1.165, 1.54) is 6.07 Å². The van der Waals surface area contributed by atoms with Crippen LogP contribution in [0.1, 0.15) is 5.56 Å². The Balaban J connectivity index is 2.63. The van der Waals surface area contributed by atoms with Crippen molar-refractivity contribution in [2.75, 3.05) is 0 Å². The molecule has 0 amide bonds. The zero-order valence-electron chi connectivity index (χ0n) is 7.27. The molecule has 0 fully saturated rings. The maximum atomic E-state index is 9.33. The van der Waals surface area contributed by atoms with Crippen molar-refractivity contribution in [2.45, 2.75) is 0 Å². The quantitative estimate of drug-likeness (QED) is 0.770. The molecule has 0 saturated carbocycles. The van der Waals surface area contributed by atoms with Crippen molar-refractivity contribution in [3.8, 4) is 22.3 Å². The average Bonchev–Trinajstić information content (AvgIpc) is 2.70. The lowest BCUT2D eigenvalue weighted by molar-refractivity contribution is 0.475. The Bertz CT molecular complexity index is 482. The number of rotatable bonds is 1. The van der Waals surface area contributed by atoms with Crippen LogP contribution in [0, 0.1) is 11.3 Å². The van der Waals surface area contributed by atoms with Crippen molar-refractivity contribution in [1.82, 2.24) is 0 Å². The molecule has 1 aromatic heterocycles. The summed E-state index contributed by atoms with van der Waals surface area (Å²) in [5.41, 5.74) is 1.38. The standard InChI is InChI=1S/C11H7NOS/c12-7-8-3-4-9(13)6-10(8)11-2-1-5-14-11/h1-6,13H. The molecule has 14 heavy (non-hydrogen) atoms. The zero-order valence-corrected chi connectivity index (χ0v) is 8.08. The minimum absolute atomic E-state index is 0.187. The molecule has 0 atom stereocenters. The third kappa shape index (κ3) is 1.48. The van der Waals surface area contributed by atoms with Gasteiger partial charge < -0.3 is 5.11 Å². The van der Waals surface area contributed by atoms with Crippen LogP contribution in [-0.2, 0) is 0 Å². The number of aromatic hydroxyl groups is 1. The van der Waals surface area contributed by atoms with Gasteiger partial charge in [0.15, 0.2) is 0 Å². The molecule has 68 valence electrons. The number of hydrogen-bond acceptors (Lipinski definition) is 3. The van der Waals surface area contributed by atoms with Crippen LogP contribution in [0.5, 0.6) is 5.75 Å². The Morgan fingerprint density at radius 3 is 2.79 bits per heavy atom. The Labute approximate surface area is 85.7 Å². The molecule has 0 bridgehead atoms. The maximum absolute atomic E-state index is 9.33. The first kappa shape index (κ1) is 8.79. The Morgan fingerprint density at radius 1 is 1.29 bits per heavy atom. The van der Waals surface area contributed by atoms with Crippen LogP contribution in [0.15, 0.2) is 35.7 Å². The van der Waals surface area contributed by atoms with Gasteiger partial charge in [-0.2, -0.15) is 5.26 Å². The van der Waals surface area contributed by atoms with Crippen molar-refractivity contribution in [2.24, 2.45) is 0 Å². The Kier molecular flexibility index (Phi) is 2.21. The Morgan fingerprint density at radius 2 is 2.14 bits per heavy atom. The van der Waals surface area contributed by atoms with Gasteiger partial charge in [0, 0.05) is 10.4 Å². The van der Waals surface area contributed by atoms with E-state index in [-0.39, 0.29) is 5.75 Å². The molecule has 0 aliphatic rings. The zero-order chi connectivity index (χ0) is 9.97. The summed E-state index contributed by atoms with van der Waals surface area (Å²) >= 11 is 1.55. The van der Waals surface area contributed by atoms with Gasteiger partial charge in [0.05, 0.1) is 11.6 Å². The van der Waals surface area contributed by atoms with Crippen LogP contribution < -0.4 is 0 Å². The fraction of sp³-hybridized carbons (Fsp3) is 0. The first-order chi connectivity index (χ1) is 6.81. The molecule has 0 aliphatic heterocycles. The molecule has 0 radical (unpaired) electrons. The van der Waals surface area contributed by atoms with Crippen LogP contribution >= 0.6 is 11.3 Å². The first-order valence-electron chi connectivity index (χ1n) is 4.08. The van der Waals surface area contributed by atoms with Crippen LogP contribution in [0.25, 0.3) is 10.4 Å². The summed E-state index contributed by atoms with van der Waals surface area (Å²) in [5, 5.41) is 20.2. The normalized spacial score (nSPS) is 9.64. The highest BCUT2D eigenvalue weighted by Gasteiger charge is 2.06. The molecule has 1 N–H and O–H groups in total. The van der Waals surface area contributed by atoms with Gasteiger partial charge in [0.25, 0.3) is 0 Å². The second-order valence-electron chi connectivity index (χ2n) is 2.82. The molecule has 0 aliphatic carbocycles. The molecule has 0 unspecified atom stereocenters. The molecule has 2 rings (SSSR count). The lowest BCUT2D eigenvalue weighted by Gasteiger charge is -2.01. The number of phenolic OH excluding ortho intramolecular Hbond substituents is 1. The largest absolute Gasteiger partial charge is 0.508 e. The molecule has 2 nitrogen and oxygen atoms in total. The van der Waals surface area contributed by atoms with Gasteiger partial charge in [-0.1, -0.05) is 6.07 Å². The molecular weight excluding hydrogens is 194 g/mol. The third-order valence-electron chi connectivity index (χ3n) is 1.91. The number of nitriles is 1. The van der Waals surface area contributed by atoms with Gasteiger partial charge in [-0.25, -0.2) is 0 Å². The van der Waals surface area contributed by atoms with E-state index in [9.17, 15) is 5.11 Å². The number of nitrogens with zero attached hydrogens (tertiary/aromatic N) is 1. The number of thiophene rings is 1. The Hall–Kier alpha value is -1.79. The van der Waals surface area contributed by atoms with Crippen LogP contribution in [0.3, 0.4) is 0 Å². The molecule has 2 aromatic rings. The summed E-state index contributed by atoms with van der Waals surface area (Å²) in [6.07, 6.45) is 0. The SMILES string of the molecule is N#Cc1ccc(O)cc1-c1cccs1. The fourth-order valence-electron chi connectivity index (χ4n) is 1.27. The number of benzene rings is 1. The molecule has 1 heterocycles. The van der Waals surface area contributed by atoms with E-state index in [0.29, 0.717) is 5.56 Å². The summed E-state index contributed by atoms with van der Waals surface area (Å²) in [4.78, 5) is 0.998. The molecular formula is C11H7NOS. The van der Waals surface area contributed by atoms with E-state index in [0.717, 1.165) is 10.4 Å². The van der Waals surface area contributed by atoms with Gasteiger partial charge in [0.1, 0.15) is 5.75 Å². The van der Waals surface area contributed by atoms with E-state index in [1.54, 1.807) is 23.5 Å². The highest BCUT2D eigenvalue weighted by Crippen LogP contribution is 2.30. The summed E-state index contributed by atoms with van der Waals surface area (Å²) in [7, 11) is 0. The summed E-state index contributed by atoms with van der Waals surface area (Å²) in [6.45, 7) is 0.